The van der Waals surface area contributed by atoms with Crippen LogP contribution in [0.3, 0.4) is 0 Å². The topological polar surface area (TPSA) is 43.2 Å². The first kappa shape index (κ1) is 15.6. The monoisotopic (exact) mass is 320 g/mol. The Labute approximate surface area is 135 Å². The molecule has 1 unspecified atom stereocenters. The maximum atomic E-state index is 5.67. The molecule has 6 heteroatoms. The molecular formula is C16H24N4OS. The molecule has 22 heavy (non-hydrogen) atoms. The molecule has 3 heterocycles. The third-order valence-electron chi connectivity index (χ3n) is 4.38. The van der Waals surface area contributed by atoms with E-state index in [9.17, 15) is 0 Å². The first-order valence-electron chi connectivity index (χ1n) is 7.85. The van der Waals surface area contributed by atoms with E-state index in [0.717, 1.165) is 44.1 Å². The minimum Gasteiger partial charge on any atom is -0.378 e. The molecule has 0 bridgehead atoms. The second-order valence-electron chi connectivity index (χ2n) is 5.90. The molecule has 5 nitrogen and oxygen atoms in total. The third-order valence-corrected chi connectivity index (χ3v) is 5.42. The van der Waals surface area contributed by atoms with E-state index in [2.05, 4.69) is 47.8 Å². The molecule has 2 aromatic rings. The van der Waals surface area contributed by atoms with E-state index in [1.54, 1.807) is 11.3 Å². The van der Waals surface area contributed by atoms with E-state index in [1.807, 2.05) is 0 Å². The molecule has 1 aliphatic heterocycles. The number of ether oxygens (including phenoxy) is 1. The molecule has 0 saturated carbocycles. The summed E-state index contributed by atoms with van der Waals surface area (Å²) in [4.78, 5) is 7.02. The van der Waals surface area contributed by atoms with Crippen LogP contribution in [0.25, 0.3) is 0 Å². The SMILES string of the molecule is CCc1nc(Cn2nc(C)c(C3COCCN3C)c2C)cs1. The first-order chi connectivity index (χ1) is 10.6. The van der Waals surface area contributed by atoms with Crippen LogP contribution in [-0.4, -0.2) is 46.5 Å². The zero-order valence-electron chi connectivity index (χ0n) is 13.8. The highest BCUT2D eigenvalue weighted by Gasteiger charge is 2.27. The van der Waals surface area contributed by atoms with Gasteiger partial charge in [-0.3, -0.25) is 9.58 Å². The van der Waals surface area contributed by atoms with Gasteiger partial charge in [0.2, 0.25) is 0 Å². The van der Waals surface area contributed by atoms with E-state index in [0.29, 0.717) is 6.04 Å². The van der Waals surface area contributed by atoms with Crippen molar-refractivity contribution in [1.82, 2.24) is 19.7 Å². The van der Waals surface area contributed by atoms with E-state index < -0.39 is 0 Å². The largest absolute Gasteiger partial charge is 0.378 e. The van der Waals surface area contributed by atoms with Gasteiger partial charge < -0.3 is 4.74 Å². The predicted molar refractivity (Wildman–Crippen MR) is 88.5 cm³/mol. The summed E-state index contributed by atoms with van der Waals surface area (Å²) in [5, 5.41) is 8.08. The molecule has 120 valence electrons. The summed E-state index contributed by atoms with van der Waals surface area (Å²) in [6.07, 6.45) is 0.997. The molecule has 0 aliphatic carbocycles. The van der Waals surface area contributed by atoms with Gasteiger partial charge in [-0.25, -0.2) is 4.98 Å². The lowest BCUT2D eigenvalue weighted by Gasteiger charge is -2.32. The molecule has 0 radical (unpaired) electrons. The Morgan fingerprint density at radius 3 is 2.91 bits per heavy atom. The van der Waals surface area contributed by atoms with Crippen molar-refractivity contribution in [2.24, 2.45) is 0 Å². The summed E-state index contributed by atoms with van der Waals surface area (Å²) < 4.78 is 7.76. The van der Waals surface area contributed by atoms with Crippen molar-refractivity contribution in [1.29, 1.82) is 0 Å². The lowest BCUT2D eigenvalue weighted by atomic mass is 10.0. The van der Waals surface area contributed by atoms with Crippen molar-refractivity contribution >= 4 is 11.3 Å². The Hall–Kier alpha value is -1.24. The number of aromatic nitrogens is 3. The average Bonchev–Trinajstić information content (AvgIpc) is 3.06. The van der Waals surface area contributed by atoms with Crippen LogP contribution in [0.1, 0.15) is 40.6 Å². The van der Waals surface area contributed by atoms with Gasteiger partial charge in [0, 0.05) is 23.2 Å². The van der Waals surface area contributed by atoms with E-state index in [4.69, 9.17) is 9.84 Å². The number of hydrogen-bond acceptors (Lipinski definition) is 5. The van der Waals surface area contributed by atoms with Gasteiger partial charge in [0.15, 0.2) is 0 Å². The molecule has 0 spiro atoms. The lowest BCUT2D eigenvalue weighted by molar-refractivity contribution is 0.00457. The van der Waals surface area contributed by atoms with Crippen LogP contribution in [-0.2, 0) is 17.7 Å². The zero-order valence-corrected chi connectivity index (χ0v) is 14.6. The number of morpholine rings is 1. The maximum Gasteiger partial charge on any atom is 0.0926 e. The van der Waals surface area contributed by atoms with Crippen LogP contribution in [0.2, 0.25) is 0 Å². The van der Waals surface area contributed by atoms with Crippen molar-refractivity contribution in [3.05, 3.63) is 33.0 Å². The molecular weight excluding hydrogens is 296 g/mol. The summed E-state index contributed by atoms with van der Waals surface area (Å²) in [6.45, 7) is 9.69. The normalized spacial score (nSPS) is 19.7. The molecule has 1 atom stereocenters. The van der Waals surface area contributed by atoms with Crippen molar-refractivity contribution in [2.45, 2.75) is 39.8 Å². The van der Waals surface area contributed by atoms with Crippen molar-refractivity contribution in [3.63, 3.8) is 0 Å². The Morgan fingerprint density at radius 2 is 2.23 bits per heavy atom. The molecule has 0 aromatic carbocycles. The van der Waals surface area contributed by atoms with Crippen LogP contribution in [0.5, 0.6) is 0 Å². The molecule has 3 rings (SSSR count). The summed E-state index contributed by atoms with van der Waals surface area (Å²) in [5.41, 5.74) is 4.75. The highest BCUT2D eigenvalue weighted by atomic mass is 32.1. The molecule has 1 aliphatic rings. The highest BCUT2D eigenvalue weighted by Crippen LogP contribution is 2.28. The molecule has 2 aromatic heterocycles. The minimum absolute atomic E-state index is 0.309. The highest BCUT2D eigenvalue weighted by molar-refractivity contribution is 7.09. The van der Waals surface area contributed by atoms with Gasteiger partial charge in [-0.05, 0) is 27.3 Å². The Balaban J connectivity index is 1.86. The van der Waals surface area contributed by atoms with Gasteiger partial charge in [-0.2, -0.15) is 5.10 Å². The van der Waals surface area contributed by atoms with Gasteiger partial charge in [-0.1, -0.05) is 6.92 Å². The number of thiazole rings is 1. The van der Waals surface area contributed by atoms with Gasteiger partial charge in [-0.15, -0.1) is 11.3 Å². The minimum atomic E-state index is 0.309. The van der Waals surface area contributed by atoms with Gasteiger partial charge in [0.1, 0.15) is 0 Å². The van der Waals surface area contributed by atoms with Crippen LogP contribution >= 0.6 is 11.3 Å². The fourth-order valence-corrected chi connectivity index (χ4v) is 3.81. The van der Waals surface area contributed by atoms with Crippen molar-refractivity contribution in [2.75, 3.05) is 26.8 Å². The molecule has 0 N–H and O–H groups in total. The standard InChI is InChI=1S/C16H24N4OS/c1-5-15-17-13(10-22-15)8-20-12(3)16(11(2)18-20)14-9-21-7-6-19(14)4/h10,14H,5-9H2,1-4H3. The second-order valence-corrected chi connectivity index (χ2v) is 6.84. The van der Waals surface area contributed by atoms with E-state index in [-0.39, 0.29) is 0 Å². The smallest absolute Gasteiger partial charge is 0.0926 e. The molecule has 1 fully saturated rings. The fourth-order valence-electron chi connectivity index (χ4n) is 3.07. The first-order valence-corrected chi connectivity index (χ1v) is 8.73. The van der Waals surface area contributed by atoms with Gasteiger partial charge in [0.25, 0.3) is 0 Å². The molecule has 0 amide bonds. The van der Waals surface area contributed by atoms with Crippen molar-refractivity contribution in [3.8, 4) is 0 Å². The van der Waals surface area contributed by atoms with Crippen LogP contribution in [0.4, 0.5) is 0 Å². The number of aryl methyl sites for hydroxylation is 2. The van der Waals surface area contributed by atoms with Crippen LogP contribution in [0.15, 0.2) is 5.38 Å². The summed E-state index contributed by atoms with van der Waals surface area (Å²) in [6, 6.07) is 0.309. The van der Waals surface area contributed by atoms with Crippen LogP contribution in [0, 0.1) is 13.8 Å². The summed E-state index contributed by atoms with van der Waals surface area (Å²) >= 11 is 1.73. The zero-order chi connectivity index (χ0) is 15.7. The predicted octanol–water partition coefficient (Wildman–Crippen LogP) is 2.57. The van der Waals surface area contributed by atoms with Gasteiger partial charge in [0.05, 0.1) is 42.2 Å². The van der Waals surface area contributed by atoms with E-state index >= 15 is 0 Å². The molecule has 1 saturated heterocycles. The van der Waals surface area contributed by atoms with Crippen molar-refractivity contribution < 1.29 is 4.74 Å². The Bertz CT molecular complexity index is 649. The maximum absolute atomic E-state index is 5.67. The van der Waals surface area contributed by atoms with Gasteiger partial charge >= 0.3 is 0 Å². The second kappa shape index (κ2) is 6.48. The average molecular weight is 320 g/mol. The number of likely N-dealkylation sites (N-methyl/N-ethyl adjacent to an activating group) is 1. The lowest BCUT2D eigenvalue weighted by Crippen LogP contribution is -2.37. The Morgan fingerprint density at radius 1 is 1.41 bits per heavy atom. The Kier molecular flexibility index (Phi) is 4.61. The van der Waals surface area contributed by atoms with Crippen LogP contribution < -0.4 is 0 Å². The summed E-state index contributed by atoms with van der Waals surface area (Å²) in [5.74, 6) is 0. The fraction of sp³-hybridized carbons (Fsp3) is 0.625. The number of hydrogen-bond donors (Lipinski definition) is 0. The quantitative estimate of drug-likeness (QED) is 0.868. The summed E-state index contributed by atoms with van der Waals surface area (Å²) in [7, 11) is 2.16. The third kappa shape index (κ3) is 2.95. The van der Waals surface area contributed by atoms with E-state index in [1.165, 1.54) is 16.3 Å². The number of rotatable bonds is 4. The number of nitrogens with zero attached hydrogens (tertiary/aromatic N) is 4.